The number of allylic oxidation sites excluding steroid dienone is 1. The molecule has 1 N–H and O–H groups in total. The number of ketones is 1. The number of carbonyl (C=O) groups is 3. The summed E-state index contributed by atoms with van der Waals surface area (Å²) in [6.45, 7) is 5.01. The fourth-order valence-corrected chi connectivity index (χ4v) is 3.57. The van der Waals surface area contributed by atoms with E-state index in [-0.39, 0.29) is 19.6 Å². The van der Waals surface area contributed by atoms with Crippen molar-refractivity contribution in [3.05, 3.63) is 42.0 Å². The van der Waals surface area contributed by atoms with Crippen LogP contribution in [0.5, 0.6) is 0 Å². The number of esters is 2. The maximum atomic E-state index is 12.6. The summed E-state index contributed by atoms with van der Waals surface area (Å²) >= 11 is 0. The lowest BCUT2D eigenvalue weighted by molar-refractivity contribution is -0.174. The number of hydrogen-bond donors (Lipinski definition) is 1. The van der Waals surface area contributed by atoms with Crippen LogP contribution in [0.2, 0.25) is 0 Å². The van der Waals surface area contributed by atoms with Crippen molar-refractivity contribution in [1.82, 2.24) is 0 Å². The molecular weight excluding hydrogens is 348 g/mol. The number of hydrogen-bond acceptors (Lipinski definition) is 6. The second-order valence-electron chi connectivity index (χ2n) is 6.81. The van der Waals surface area contributed by atoms with Gasteiger partial charge < -0.3 is 14.6 Å². The molecule has 1 saturated carbocycles. The third-order valence-electron chi connectivity index (χ3n) is 4.71. The second-order valence-corrected chi connectivity index (χ2v) is 6.81. The van der Waals surface area contributed by atoms with Crippen molar-refractivity contribution >= 4 is 23.8 Å². The van der Waals surface area contributed by atoms with E-state index >= 15 is 0 Å². The summed E-state index contributed by atoms with van der Waals surface area (Å²) in [7, 11) is 0. The van der Waals surface area contributed by atoms with Crippen LogP contribution in [-0.2, 0) is 23.9 Å². The lowest BCUT2D eigenvalue weighted by atomic mass is 9.63. The van der Waals surface area contributed by atoms with E-state index in [1.54, 1.807) is 26.0 Å². The van der Waals surface area contributed by atoms with E-state index in [1.807, 2.05) is 30.3 Å². The Morgan fingerprint density at radius 3 is 2.33 bits per heavy atom. The molecule has 27 heavy (non-hydrogen) atoms. The number of ether oxygens (including phenoxy) is 2. The summed E-state index contributed by atoms with van der Waals surface area (Å²) in [5.41, 5.74) is -0.765. The minimum absolute atomic E-state index is 0.123. The SMILES string of the molecule is CCOC(=O)[C@H]1C(=O)C[C@](C)(O)[C@H](C(=O)OCC)[C@@H]1/C=C/c1ccccc1. The van der Waals surface area contributed by atoms with E-state index < -0.39 is 41.1 Å². The highest BCUT2D eigenvalue weighted by Crippen LogP contribution is 2.42. The molecule has 0 aromatic heterocycles. The van der Waals surface area contributed by atoms with Gasteiger partial charge in [-0.25, -0.2) is 0 Å². The Labute approximate surface area is 159 Å². The Hall–Kier alpha value is -2.47. The Bertz CT molecular complexity index is 707. The molecule has 6 nitrogen and oxygen atoms in total. The fraction of sp³-hybridized carbons (Fsp3) is 0.476. The molecule has 2 rings (SSSR count). The van der Waals surface area contributed by atoms with Crippen LogP contribution in [-0.4, -0.2) is 41.6 Å². The third kappa shape index (κ3) is 4.83. The van der Waals surface area contributed by atoms with Crippen molar-refractivity contribution in [3.63, 3.8) is 0 Å². The average Bonchev–Trinajstić information content (AvgIpc) is 2.59. The van der Waals surface area contributed by atoms with Gasteiger partial charge in [0.25, 0.3) is 0 Å². The zero-order chi connectivity index (χ0) is 20.0. The van der Waals surface area contributed by atoms with Crippen LogP contribution in [0.25, 0.3) is 6.08 Å². The van der Waals surface area contributed by atoms with Crippen LogP contribution in [0, 0.1) is 17.8 Å². The zero-order valence-electron chi connectivity index (χ0n) is 15.9. The van der Waals surface area contributed by atoms with E-state index in [2.05, 4.69) is 0 Å². The molecule has 1 aliphatic carbocycles. The molecule has 1 fully saturated rings. The first-order valence-corrected chi connectivity index (χ1v) is 9.13. The van der Waals surface area contributed by atoms with Crippen LogP contribution in [0.15, 0.2) is 36.4 Å². The molecule has 0 heterocycles. The van der Waals surface area contributed by atoms with E-state index in [4.69, 9.17) is 9.47 Å². The molecule has 0 unspecified atom stereocenters. The number of aliphatic hydroxyl groups is 1. The Kier molecular flexibility index (Phi) is 6.91. The predicted octanol–water partition coefficient (Wildman–Crippen LogP) is 2.40. The first-order chi connectivity index (χ1) is 12.8. The minimum Gasteiger partial charge on any atom is -0.466 e. The number of rotatable bonds is 6. The maximum Gasteiger partial charge on any atom is 0.317 e. The normalized spacial score (nSPS) is 28.1. The van der Waals surface area contributed by atoms with Gasteiger partial charge in [0.1, 0.15) is 5.92 Å². The highest BCUT2D eigenvalue weighted by molar-refractivity contribution is 6.02. The Morgan fingerprint density at radius 2 is 1.74 bits per heavy atom. The van der Waals surface area contributed by atoms with Crippen LogP contribution >= 0.6 is 0 Å². The van der Waals surface area contributed by atoms with Gasteiger partial charge in [-0.1, -0.05) is 42.5 Å². The first-order valence-electron chi connectivity index (χ1n) is 9.13. The van der Waals surface area contributed by atoms with Gasteiger partial charge in [0, 0.05) is 12.3 Å². The van der Waals surface area contributed by atoms with Gasteiger partial charge in [-0.05, 0) is 26.3 Å². The number of Topliss-reactive ketones (excluding diaryl/α,β-unsaturated/α-hetero) is 1. The molecule has 0 radical (unpaired) electrons. The molecule has 0 bridgehead atoms. The van der Waals surface area contributed by atoms with Crippen molar-refractivity contribution in [2.45, 2.75) is 32.8 Å². The molecule has 4 atom stereocenters. The molecule has 1 aliphatic rings. The monoisotopic (exact) mass is 374 g/mol. The summed E-state index contributed by atoms with van der Waals surface area (Å²) < 4.78 is 10.2. The van der Waals surface area contributed by atoms with Gasteiger partial charge in [-0.3, -0.25) is 14.4 Å². The molecular formula is C21H26O6. The van der Waals surface area contributed by atoms with Gasteiger partial charge in [-0.2, -0.15) is 0 Å². The molecule has 146 valence electrons. The maximum absolute atomic E-state index is 12.6. The highest BCUT2D eigenvalue weighted by atomic mass is 16.5. The van der Waals surface area contributed by atoms with Gasteiger partial charge in [-0.15, -0.1) is 0 Å². The van der Waals surface area contributed by atoms with E-state index in [1.165, 1.54) is 6.92 Å². The highest BCUT2D eigenvalue weighted by Gasteiger charge is 2.55. The summed E-state index contributed by atoms with van der Waals surface area (Å²) in [4.78, 5) is 37.7. The molecule has 6 heteroatoms. The fourth-order valence-electron chi connectivity index (χ4n) is 3.57. The first kappa shape index (κ1) is 20.8. The lowest BCUT2D eigenvalue weighted by Crippen LogP contribution is -2.55. The molecule has 0 amide bonds. The van der Waals surface area contributed by atoms with Crippen LogP contribution in [0.1, 0.15) is 32.8 Å². The van der Waals surface area contributed by atoms with E-state index in [9.17, 15) is 19.5 Å². The number of carbonyl (C=O) groups excluding carboxylic acids is 3. The smallest absolute Gasteiger partial charge is 0.317 e. The molecule has 1 aromatic rings. The van der Waals surface area contributed by atoms with E-state index in [0.29, 0.717) is 0 Å². The van der Waals surface area contributed by atoms with Gasteiger partial charge in [0.2, 0.25) is 0 Å². The molecule has 0 spiro atoms. The summed E-state index contributed by atoms with van der Waals surface area (Å²) in [5.74, 6) is -4.83. The summed E-state index contributed by atoms with van der Waals surface area (Å²) in [6, 6.07) is 9.30. The standard InChI is InChI=1S/C21H26O6/c1-4-26-19(23)17-15(12-11-14-9-7-6-8-10-14)18(20(24)27-5-2)21(3,25)13-16(17)22/h6-12,15,17-18,25H,4-5,13H2,1-3H3/b12-11+/t15-,17-,18+,21+/m1/s1. The van der Waals surface area contributed by atoms with Gasteiger partial charge in [0.05, 0.1) is 24.7 Å². The van der Waals surface area contributed by atoms with Gasteiger partial charge >= 0.3 is 11.9 Å². The minimum atomic E-state index is -1.61. The number of benzene rings is 1. The van der Waals surface area contributed by atoms with Crippen LogP contribution in [0.3, 0.4) is 0 Å². The average molecular weight is 374 g/mol. The summed E-state index contributed by atoms with van der Waals surface area (Å²) in [5, 5.41) is 10.8. The molecule has 1 aromatic carbocycles. The summed E-state index contributed by atoms with van der Waals surface area (Å²) in [6.07, 6.45) is 3.05. The van der Waals surface area contributed by atoms with E-state index in [0.717, 1.165) is 5.56 Å². The van der Waals surface area contributed by atoms with Gasteiger partial charge in [0.15, 0.2) is 5.78 Å². The lowest BCUT2D eigenvalue weighted by Gasteiger charge is -2.42. The second kappa shape index (κ2) is 8.95. The quantitative estimate of drug-likeness (QED) is 0.607. The Morgan fingerprint density at radius 1 is 1.15 bits per heavy atom. The third-order valence-corrected chi connectivity index (χ3v) is 4.71. The van der Waals surface area contributed by atoms with Crippen LogP contribution in [0.4, 0.5) is 0 Å². The predicted molar refractivity (Wildman–Crippen MR) is 99.5 cm³/mol. The van der Waals surface area contributed by atoms with Crippen molar-refractivity contribution < 1.29 is 29.0 Å². The molecule has 0 saturated heterocycles. The van der Waals surface area contributed by atoms with Crippen molar-refractivity contribution in [2.24, 2.45) is 17.8 Å². The topological polar surface area (TPSA) is 89.9 Å². The zero-order valence-corrected chi connectivity index (χ0v) is 15.9. The van der Waals surface area contributed by atoms with Crippen molar-refractivity contribution in [3.8, 4) is 0 Å². The van der Waals surface area contributed by atoms with Crippen molar-refractivity contribution in [2.75, 3.05) is 13.2 Å². The largest absolute Gasteiger partial charge is 0.466 e. The van der Waals surface area contributed by atoms with Crippen LogP contribution < -0.4 is 0 Å². The molecule has 0 aliphatic heterocycles. The Balaban J connectivity index is 2.48. The van der Waals surface area contributed by atoms with Crippen molar-refractivity contribution in [1.29, 1.82) is 0 Å².